The standard InChI is InChI=1S/C19H22N2O3S/c1-5-23-19(22)15-12(4)21-13-8-9-20-18(24-11(2)3)16(13)17(15)14-7-6-10-25-14/h6-11,17,21H,5H2,1-4H3. The van der Waals surface area contributed by atoms with Crippen molar-refractivity contribution in [3.8, 4) is 5.88 Å². The fraction of sp³-hybridized carbons (Fsp3) is 0.368. The molecule has 3 heterocycles. The van der Waals surface area contributed by atoms with Crippen molar-refractivity contribution in [3.63, 3.8) is 0 Å². The van der Waals surface area contributed by atoms with E-state index in [0.717, 1.165) is 21.8 Å². The van der Waals surface area contributed by atoms with Crippen LogP contribution < -0.4 is 10.1 Å². The Kier molecular flexibility index (Phi) is 5.08. The van der Waals surface area contributed by atoms with Gasteiger partial charge in [0.2, 0.25) is 5.88 Å². The summed E-state index contributed by atoms with van der Waals surface area (Å²) in [5.41, 5.74) is 3.20. The number of pyridine rings is 1. The molecule has 5 nitrogen and oxygen atoms in total. The summed E-state index contributed by atoms with van der Waals surface area (Å²) in [6, 6.07) is 5.93. The maximum Gasteiger partial charge on any atom is 0.336 e. The molecule has 0 aliphatic carbocycles. The zero-order valence-corrected chi connectivity index (χ0v) is 15.6. The van der Waals surface area contributed by atoms with E-state index in [1.54, 1.807) is 17.5 Å². The molecular weight excluding hydrogens is 336 g/mol. The summed E-state index contributed by atoms with van der Waals surface area (Å²) in [5, 5.41) is 5.33. The summed E-state index contributed by atoms with van der Waals surface area (Å²) < 4.78 is 11.3. The van der Waals surface area contributed by atoms with E-state index in [-0.39, 0.29) is 18.0 Å². The first-order valence-electron chi connectivity index (χ1n) is 8.36. The summed E-state index contributed by atoms with van der Waals surface area (Å²) in [4.78, 5) is 18.2. The highest BCUT2D eigenvalue weighted by molar-refractivity contribution is 7.10. The molecule has 132 valence electrons. The van der Waals surface area contributed by atoms with Crippen LogP contribution in [0.25, 0.3) is 0 Å². The minimum absolute atomic E-state index is 0.0129. The van der Waals surface area contributed by atoms with Crippen molar-refractivity contribution in [1.82, 2.24) is 4.98 Å². The molecule has 0 saturated carbocycles. The predicted molar refractivity (Wildman–Crippen MR) is 99.1 cm³/mol. The molecule has 0 radical (unpaired) electrons. The largest absolute Gasteiger partial charge is 0.475 e. The maximum absolute atomic E-state index is 12.7. The minimum atomic E-state index is -0.309. The number of esters is 1. The van der Waals surface area contributed by atoms with Crippen LogP contribution in [-0.2, 0) is 9.53 Å². The molecule has 2 aromatic heterocycles. The van der Waals surface area contributed by atoms with Crippen LogP contribution >= 0.6 is 11.3 Å². The lowest BCUT2D eigenvalue weighted by molar-refractivity contribution is -0.138. The summed E-state index contributed by atoms with van der Waals surface area (Å²) in [7, 11) is 0. The van der Waals surface area contributed by atoms with E-state index in [1.165, 1.54) is 0 Å². The number of carbonyl (C=O) groups excluding carboxylic acids is 1. The topological polar surface area (TPSA) is 60.5 Å². The van der Waals surface area contributed by atoms with Gasteiger partial charge in [-0.15, -0.1) is 11.3 Å². The number of carbonyl (C=O) groups is 1. The van der Waals surface area contributed by atoms with Gasteiger partial charge in [-0.05, 0) is 45.2 Å². The van der Waals surface area contributed by atoms with Gasteiger partial charge >= 0.3 is 5.97 Å². The summed E-state index contributed by atoms with van der Waals surface area (Å²) in [6.45, 7) is 7.98. The van der Waals surface area contributed by atoms with Crippen molar-refractivity contribution < 1.29 is 14.3 Å². The highest BCUT2D eigenvalue weighted by Gasteiger charge is 2.36. The zero-order valence-electron chi connectivity index (χ0n) is 14.8. The Bertz CT molecular complexity index is 797. The maximum atomic E-state index is 12.7. The van der Waals surface area contributed by atoms with E-state index in [0.29, 0.717) is 18.1 Å². The van der Waals surface area contributed by atoms with Crippen molar-refractivity contribution in [2.24, 2.45) is 0 Å². The number of fused-ring (bicyclic) bond motifs is 1. The SMILES string of the molecule is CCOC(=O)C1=C(C)Nc2ccnc(OC(C)C)c2C1c1cccs1. The van der Waals surface area contributed by atoms with E-state index >= 15 is 0 Å². The fourth-order valence-electron chi connectivity index (χ4n) is 3.01. The first-order valence-corrected chi connectivity index (χ1v) is 9.24. The monoisotopic (exact) mass is 358 g/mol. The number of hydrogen-bond donors (Lipinski definition) is 1. The molecule has 0 fully saturated rings. The van der Waals surface area contributed by atoms with Crippen molar-refractivity contribution in [2.75, 3.05) is 11.9 Å². The van der Waals surface area contributed by atoms with Gasteiger partial charge in [0.25, 0.3) is 0 Å². The highest BCUT2D eigenvalue weighted by Crippen LogP contribution is 2.47. The molecule has 1 N–H and O–H groups in total. The summed E-state index contributed by atoms with van der Waals surface area (Å²) >= 11 is 1.61. The van der Waals surface area contributed by atoms with E-state index < -0.39 is 0 Å². The summed E-state index contributed by atoms with van der Waals surface area (Å²) in [5.74, 6) is -0.0126. The Balaban J connectivity index is 2.19. The Labute approximate surface area is 151 Å². The molecule has 1 unspecified atom stereocenters. The second-order valence-corrected chi connectivity index (χ2v) is 7.06. The lowest BCUT2D eigenvalue weighted by Gasteiger charge is -2.30. The Hall–Kier alpha value is -2.34. The Morgan fingerprint density at radius 1 is 1.40 bits per heavy atom. The third kappa shape index (κ3) is 3.39. The number of allylic oxidation sites excluding steroid dienone is 1. The van der Waals surface area contributed by atoms with Crippen LogP contribution in [-0.4, -0.2) is 23.7 Å². The third-order valence-electron chi connectivity index (χ3n) is 3.93. The second kappa shape index (κ2) is 7.27. The molecule has 1 aliphatic rings. The number of aromatic nitrogens is 1. The molecule has 25 heavy (non-hydrogen) atoms. The Morgan fingerprint density at radius 2 is 2.20 bits per heavy atom. The molecule has 0 saturated heterocycles. The number of ether oxygens (including phenoxy) is 2. The number of hydrogen-bond acceptors (Lipinski definition) is 6. The van der Waals surface area contributed by atoms with Crippen LogP contribution in [0.4, 0.5) is 5.69 Å². The summed E-state index contributed by atoms with van der Waals surface area (Å²) in [6.07, 6.45) is 1.71. The quantitative estimate of drug-likeness (QED) is 0.807. The average molecular weight is 358 g/mol. The van der Waals surface area contributed by atoms with Crippen LogP contribution in [0.2, 0.25) is 0 Å². The van der Waals surface area contributed by atoms with Gasteiger partial charge in [0.15, 0.2) is 0 Å². The van der Waals surface area contributed by atoms with Crippen LogP contribution in [0.3, 0.4) is 0 Å². The van der Waals surface area contributed by atoms with Gasteiger partial charge in [-0.1, -0.05) is 6.07 Å². The second-order valence-electron chi connectivity index (χ2n) is 6.08. The molecule has 1 atom stereocenters. The molecule has 0 amide bonds. The van der Waals surface area contributed by atoms with Gasteiger partial charge in [-0.3, -0.25) is 0 Å². The van der Waals surface area contributed by atoms with Gasteiger partial charge in [0, 0.05) is 22.5 Å². The van der Waals surface area contributed by atoms with Gasteiger partial charge in [0.05, 0.1) is 29.8 Å². The minimum Gasteiger partial charge on any atom is -0.475 e. The fourth-order valence-corrected chi connectivity index (χ4v) is 3.85. The number of nitrogens with one attached hydrogen (secondary N) is 1. The normalized spacial score (nSPS) is 16.4. The molecule has 0 aromatic carbocycles. The highest BCUT2D eigenvalue weighted by atomic mass is 32.1. The van der Waals surface area contributed by atoms with Gasteiger partial charge in [-0.2, -0.15) is 0 Å². The number of anilines is 1. The average Bonchev–Trinajstić information content (AvgIpc) is 3.07. The molecule has 6 heteroatoms. The third-order valence-corrected chi connectivity index (χ3v) is 4.86. The molecular formula is C19H22N2O3S. The van der Waals surface area contributed by atoms with Crippen molar-refractivity contribution >= 4 is 23.0 Å². The molecule has 2 aromatic rings. The lowest BCUT2D eigenvalue weighted by atomic mass is 9.85. The van der Waals surface area contributed by atoms with Crippen LogP contribution in [0.5, 0.6) is 5.88 Å². The van der Waals surface area contributed by atoms with Crippen LogP contribution in [0.1, 0.15) is 44.1 Å². The smallest absolute Gasteiger partial charge is 0.336 e. The number of nitrogens with zero attached hydrogens (tertiary/aromatic N) is 1. The molecule has 0 bridgehead atoms. The van der Waals surface area contributed by atoms with Crippen molar-refractivity contribution in [2.45, 2.75) is 39.7 Å². The number of rotatable bonds is 5. The first-order chi connectivity index (χ1) is 12.0. The van der Waals surface area contributed by atoms with E-state index in [4.69, 9.17) is 9.47 Å². The van der Waals surface area contributed by atoms with E-state index in [1.807, 2.05) is 51.3 Å². The number of thiophene rings is 1. The Morgan fingerprint density at radius 3 is 2.84 bits per heavy atom. The molecule has 1 aliphatic heterocycles. The van der Waals surface area contributed by atoms with Crippen LogP contribution in [0, 0.1) is 0 Å². The van der Waals surface area contributed by atoms with E-state index in [9.17, 15) is 4.79 Å². The molecule has 0 spiro atoms. The van der Waals surface area contributed by atoms with Crippen molar-refractivity contribution in [1.29, 1.82) is 0 Å². The lowest BCUT2D eigenvalue weighted by Crippen LogP contribution is -2.25. The van der Waals surface area contributed by atoms with Gasteiger partial charge in [0.1, 0.15) is 0 Å². The molecule has 3 rings (SSSR count). The zero-order chi connectivity index (χ0) is 18.0. The van der Waals surface area contributed by atoms with Crippen molar-refractivity contribution in [3.05, 3.63) is 51.5 Å². The van der Waals surface area contributed by atoms with Gasteiger partial charge in [-0.25, -0.2) is 9.78 Å². The van der Waals surface area contributed by atoms with Crippen LogP contribution in [0.15, 0.2) is 41.0 Å². The van der Waals surface area contributed by atoms with E-state index in [2.05, 4.69) is 10.3 Å². The van der Waals surface area contributed by atoms with Gasteiger partial charge < -0.3 is 14.8 Å². The predicted octanol–water partition coefficient (Wildman–Crippen LogP) is 4.32. The first kappa shape index (κ1) is 17.5.